The van der Waals surface area contributed by atoms with Crippen molar-refractivity contribution in [1.29, 1.82) is 0 Å². The molecule has 0 amide bonds. The Morgan fingerprint density at radius 1 is 0.897 bits per heavy atom. The van der Waals surface area contributed by atoms with Gasteiger partial charge in [0.15, 0.2) is 0 Å². The molecule has 3 nitrogen and oxygen atoms in total. The molecule has 5 aromatic rings. The molecule has 0 saturated carbocycles. The Bertz CT molecular complexity index is 1440. The van der Waals surface area contributed by atoms with Gasteiger partial charge in [0.05, 0.1) is 11.0 Å². The van der Waals surface area contributed by atoms with E-state index in [9.17, 15) is 10.0 Å². The van der Waals surface area contributed by atoms with Gasteiger partial charge < -0.3 is 14.6 Å². The van der Waals surface area contributed by atoms with E-state index in [1.54, 1.807) is 6.07 Å². The molecule has 0 bridgehead atoms. The molecular formula is C24H18BNO2S. The second kappa shape index (κ2) is 6.32. The minimum atomic E-state index is -1.48. The topological polar surface area (TPSA) is 45.4 Å². The largest absolute Gasteiger partial charge is 0.488 e. The van der Waals surface area contributed by atoms with Gasteiger partial charge in [0, 0.05) is 31.4 Å². The van der Waals surface area contributed by atoms with E-state index in [0.717, 1.165) is 29.6 Å². The number of rotatable bonds is 2. The zero-order valence-corrected chi connectivity index (χ0v) is 16.5. The summed E-state index contributed by atoms with van der Waals surface area (Å²) in [5.41, 5.74) is 5.07. The molecule has 2 aromatic heterocycles. The summed E-state index contributed by atoms with van der Waals surface area (Å²) in [6, 6.07) is 20.4. The second-order valence-corrected chi connectivity index (χ2v) is 8.64. The van der Waals surface area contributed by atoms with E-state index < -0.39 is 7.12 Å². The van der Waals surface area contributed by atoms with Gasteiger partial charge in [0.2, 0.25) is 0 Å². The van der Waals surface area contributed by atoms with Crippen LogP contribution in [0.15, 0.2) is 66.7 Å². The van der Waals surface area contributed by atoms with Gasteiger partial charge in [0.25, 0.3) is 0 Å². The van der Waals surface area contributed by atoms with E-state index in [4.69, 9.17) is 0 Å². The summed E-state index contributed by atoms with van der Waals surface area (Å²) in [4.78, 5) is 1.47. The summed E-state index contributed by atoms with van der Waals surface area (Å²) in [7, 11) is -1.48. The lowest BCUT2D eigenvalue weighted by Gasteiger charge is -2.10. The average Bonchev–Trinajstić information content (AvgIpc) is 3.29. The molecule has 0 fully saturated rings. The highest BCUT2D eigenvalue weighted by molar-refractivity contribution is 7.20. The Kier molecular flexibility index (Phi) is 3.72. The van der Waals surface area contributed by atoms with Crippen LogP contribution in [-0.2, 0) is 6.42 Å². The van der Waals surface area contributed by atoms with Gasteiger partial charge in [-0.15, -0.1) is 11.3 Å². The van der Waals surface area contributed by atoms with Crippen molar-refractivity contribution in [2.24, 2.45) is 0 Å². The zero-order valence-electron chi connectivity index (χ0n) is 15.7. The number of aromatic nitrogens is 1. The fourth-order valence-electron chi connectivity index (χ4n) is 4.56. The molecule has 0 saturated heterocycles. The van der Waals surface area contributed by atoms with Crippen LogP contribution in [0.2, 0.25) is 0 Å². The molecule has 0 atom stereocenters. The van der Waals surface area contributed by atoms with Crippen molar-refractivity contribution in [3.05, 3.63) is 77.2 Å². The Morgan fingerprint density at radius 2 is 1.79 bits per heavy atom. The molecule has 29 heavy (non-hydrogen) atoms. The fourth-order valence-corrected chi connectivity index (χ4v) is 5.92. The van der Waals surface area contributed by atoms with Crippen molar-refractivity contribution in [2.45, 2.75) is 12.8 Å². The lowest BCUT2D eigenvalue weighted by Crippen LogP contribution is -2.29. The molecule has 3 aromatic carbocycles. The number of para-hydroxylation sites is 1. The number of hydrogen-bond acceptors (Lipinski definition) is 3. The lowest BCUT2D eigenvalue weighted by molar-refractivity contribution is 0.426. The molecule has 2 heterocycles. The van der Waals surface area contributed by atoms with Crippen LogP contribution >= 0.6 is 11.3 Å². The van der Waals surface area contributed by atoms with Crippen molar-refractivity contribution in [3.8, 4) is 5.69 Å². The summed E-state index contributed by atoms with van der Waals surface area (Å²) in [5.74, 6) is 0. The van der Waals surface area contributed by atoms with E-state index in [0.29, 0.717) is 5.46 Å². The predicted molar refractivity (Wildman–Crippen MR) is 123 cm³/mol. The predicted octanol–water partition coefficient (Wildman–Crippen LogP) is 4.64. The van der Waals surface area contributed by atoms with Crippen molar-refractivity contribution < 1.29 is 10.0 Å². The van der Waals surface area contributed by atoms with Gasteiger partial charge in [-0.25, -0.2) is 0 Å². The molecule has 1 aliphatic rings. The summed E-state index contributed by atoms with van der Waals surface area (Å²) >= 11 is 1.92. The number of nitrogens with zero attached hydrogens (tertiary/aromatic N) is 1. The maximum absolute atomic E-state index is 9.65. The van der Waals surface area contributed by atoms with Crippen molar-refractivity contribution in [2.75, 3.05) is 0 Å². The molecule has 0 radical (unpaired) electrons. The van der Waals surface area contributed by atoms with E-state index in [1.165, 1.54) is 31.3 Å². The van der Waals surface area contributed by atoms with Gasteiger partial charge in [-0.1, -0.05) is 48.6 Å². The third-order valence-electron chi connectivity index (χ3n) is 5.86. The number of allylic oxidation sites excluding steroid dienone is 1. The molecule has 5 heteroatoms. The van der Waals surface area contributed by atoms with Gasteiger partial charge in [-0.2, -0.15) is 0 Å². The van der Waals surface area contributed by atoms with Crippen LogP contribution in [0, 0.1) is 0 Å². The van der Waals surface area contributed by atoms with Crippen LogP contribution in [-0.4, -0.2) is 21.7 Å². The van der Waals surface area contributed by atoms with Crippen molar-refractivity contribution >= 4 is 61.9 Å². The van der Waals surface area contributed by atoms with Crippen LogP contribution < -0.4 is 5.46 Å². The highest BCUT2D eigenvalue weighted by Crippen LogP contribution is 2.43. The number of hydrogen-bond donors (Lipinski definition) is 2. The number of thiophene rings is 1. The number of aryl methyl sites for hydroxylation is 1. The third-order valence-corrected chi connectivity index (χ3v) is 7.15. The van der Waals surface area contributed by atoms with Gasteiger partial charge in [0.1, 0.15) is 0 Å². The van der Waals surface area contributed by atoms with E-state index in [1.807, 2.05) is 29.5 Å². The smallest absolute Gasteiger partial charge is 0.423 e. The molecule has 2 N–H and O–H groups in total. The fraction of sp³-hybridized carbons (Fsp3) is 0.0833. The first-order chi connectivity index (χ1) is 14.2. The first-order valence-corrected chi connectivity index (χ1v) is 10.6. The van der Waals surface area contributed by atoms with Crippen LogP contribution in [0.4, 0.5) is 0 Å². The molecule has 0 aliphatic heterocycles. The summed E-state index contributed by atoms with van der Waals surface area (Å²) in [5, 5.41) is 23.1. The highest BCUT2D eigenvalue weighted by atomic mass is 32.1. The molecular weight excluding hydrogens is 377 g/mol. The summed E-state index contributed by atoms with van der Waals surface area (Å²) < 4.78 is 3.57. The second-order valence-electron chi connectivity index (χ2n) is 7.54. The Morgan fingerprint density at radius 3 is 2.69 bits per heavy atom. The van der Waals surface area contributed by atoms with E-state index in [-0.39, 0.29) is 0 Å². The maximum Gasteiger partial charge on any atom is 0.488 e. The zero-order chi connectivity index (χ0) is 19.5. The lowest BCUT2D eigenvalue weighted by atomic mass is 9.80. The van der Waals surface area contributed by atoms with Crippen LogP contribution in [0.5, 0.6) is 0 Å². The SMILES string of the molecule is OB(O)c1cccc(-n2c3ccccc3c3c4sc5c(c4ccc32)C=CCC5)c1. The summed E-state index contributed by atoms with van der Waals surface area (Å²) in [6.45, 7) is 0. The van der Waals surface area contributed by atoms with Crippen LogP contribution in [0.25, 0.3) is 43.7 Å². The van der Waals surface area contributed by atoms with Crippen LogP contribution in [0.3, 0.4) is 0 Å². The molecule has 6 rings (SSSR count). The van der Waals surface area contributed by atoms with Gasteiger partial charge in [-0.3, -0.25) is 0 Å². The molecule has 0 spiro atoms. The van der Waals surface area contributed by atoms with Crippen molar-refractivity contribution in [1.82, 2.24) is 4.57 Å². The maximum atomic E-state index is 9.65. The number of benzene rings is 3. The molecule has 140 valence electrons. The average molecular weight is 395 g/mol. The Labute approximate surface area is 172 Å². The Balaban J connectivity index is 1.76. The molecule has 1 aliphatic carbocycles. The first kappa shape index (κ1) is 17.0. The Hall–Kier alpha value is -2.86. The van der Waals surface area contributed by atoms with Gasteiger partial charge in [-0.05, 0) is 48.1 Å². The van der Waals surface area contributed by atoms with Crippen molar-refractivity contribution in [3.63, 3.8) is 0 Å². The van der Waals surface area contributed by atoms with Crippen LogP contribution in [0.1, 0.15) is 16.9 Å². The minimum absolute atomic E-state index is 0.492. The number of fused-ring (bicyclic) bond motifs is 7. The monoisotopic (exact) mass is 395 g/mol. The van der Waals surface area contributed by atoms with Gasteiger partial charge >= 0.3 is 7.12 Å². The quantitative estimate of drug-likeness (QED) is 0.428. The molecule has 0 unspecified atom stereocenters. The minimum Gasteiger partial charge on any atom is -0.423 e. The van der Waals surface area contributed by atoms with E-state index >= 15 is 0 Å². The third kappa shape index (κ3) is 2.45. The first-order valence-electron chi connectivity index (χ1n) is 9.83. The van der Waals surface area contributed by atoms with E-state index in [2.05, 4.69) is 53.1 Å². The summed E-state index contributed by atoms with van der Waals surface area (Å²) in [6.07, 6.45) is 6.77. The normalized spacial score (nSPS) is 13.4. The highest BCUT2D eigenvalue weighted by Gasteiger charge is 2.20. The standard InChI is InChI=1S/C24H18BNO2S/c27-25(28)15-6-5-7-16(14-15)26-20-10-3-1-9-19(20)23-21(26)13-12-18-17-8-2-4-11-22(17)29-24(18)23/h1-3,5-10,12-14,27-28H,4,11H2.